The van der Waals surface area contributed by atoms with Gasteiger partial charge in [0.2, 0.25) is 11.8 Å². The van der Waals surface area contributed by atoms with Crippen molar-refractivity contribution in [1.29, 1.82) is 0 Å². The van der Waals surface area contributed by atoms with Gasteiger partial charge in [-0.05, 0) is 64.8 Å². The number of amides is 2. The molecule has 0 aromatic heterocycles. The average Bonchev–Trinajstić information content (AvgIpc) is 3.05. The molecule has 28 heavy (non-hydrogen) atoms. The molecule has 7 heteroatoms. The summed E-state index contributed by atoms with van der Waals surface area (Å²) in [5, 5.41) is 8.84. The van der Waals surface area contributed by atoms with Crippen molar-refractivity contribution in [2.75, 3.05) is 6.54 Å². The Morgan fingerprint density at radius 3 is 2.04 bits per heavy atom. The fourth-order valence-corrected chi connectivity index (χ4v) is 3.21. The second kappa shape index (κ2) is 10.8. The molecule has 1 saturated heterocycles. The SMILES string of the molecule is CC(C)C[C@H](NC(=O)[C@@H](CC(C)C)NC(=O)[C@@H]1CCCN1)C(=O)OC(C)(C)C. The van der Waals surface area contributed by atoms with Gasteiger partial charge in [-0.25, -0.2) is 4.79 Å². The highest BCUT2D eigenvalue weighted by molar-refractivity contribution is 5.92. The summed E-state index contributed by atoms with van der Waals surface area (Å²) < 4.78 is 5.47. The van der Waals surface area contributed by atoms with Gasteiger partial charge in [-0.1, -0.05) is 27.7 Å². The summed E-state index contributed by atoms with van der Waals surface area (Å²) >= 11 is 0. The van der Waals surface area contributed by atoms with Crippen molar-refractivity contribution in [3.8, 4) is 0 Å². The lowest BCUT2D eigenvalue weighted by molar-refractivity contribution is -0.159. The molecule has 1 fully saturated rings. The minimum Gasteiger partial charge on any atom is -0.458 e. The van der Waals surface area contributed by atoms with Crippen LogP contribution in [0.15, 0.2) is 0 Å². The van der Waals surface area contributed by atoms with E-state index in [9.17, 15) is 14.4 Å². The van der Waals surface area contributed by atoms with Crippen molar-refractivity contribution in [2.24, 2.45) is 11.8 Å². The van der Waals surface area contributed by atoms with Crippen LogP contribution in [0.4, 0.5) is 0 Å². The van der Waals surface area contributed by atoms with Gasteiger partial charge in [0, 0.05) is 0 Å². The predicted molar refractivity (Wildman–Crippen MR) is 110 cm³/mol. The fraction of sp³-hybridized carbons (Fsp3) is 0.857. The number of carbonyl (C=O) groups excluding carboxylic acids is 3. The summed E-state index contributed by atoms with van der Waals surface area (Å²) in [7, 11) is 0. The Morgan fingerprint density at radius 2 is 1.57 bits per heavy atom. The van der Waals surface area contributed by atoms with E-state index in [4.69, 9.17) is 4.74 Å². The van der Waals surface area contributed by atoms with Gasteiger partial charge in [0.25, 0.3) is 0 Å². The van der Waals surface area contributed by atoms with Gasteiger partial charge >= 0.3 is 5.97 Å². The van der Waals surface area contributed by atoms with Gasteiger partial charge in [0.05, 0.1) is 6.04 Å². The number of hydrogen-bond acceptors (Lipinski definition) is 5. The minimum atomic E-state index is -0.733. The molecule has 1 aliphatic heterocycles. The first kappa shape index (κ1) is 24.4. The van der Waals surface area contributed by atoms with E-state index in [1.807, 2.05) is 27.7 Å². The van der Waals surface area contributed by atoms with E-state index >= 15 is 0 Å². The summed E-state index contributed by atoms with van der Waals surface area (Å²) in [5.74, 6) is -0.509. The Hall–Kier alpha value is -1.63. The molecule has 0 bridgehead atoms. The van der Waals surface area contributed by atoms with Crippen molar-refractivity contribution >= 4 is 17.8 Å². The van der Waals surface area contributed by atoms with Gasteiger partial charge in [-0.3, -0.25) is 9.59 Å². The molecular formula is C21H39N3O4. The molecule has 3 N–H and O–H groups in total. The van der Waals surface area contributed by atoms with Crippen molar-refractivity contribution in [2.45, 2.75) is 97.9 Å². The first-order chi connectivity index (χ1) is 12.9. The molecule has 1 heterocycles. The van der Waals surface area contributed by atoms with E-state index in [0.29, 0.717) is 12.8 Å². The molecule has 0 radical (unpaired) electrons. The third-order valence-electron chi connectivity index (χ3n) is 4.43. The molecule has 0 spiro atoms. The maximum Gasteiger partial charge on any atom is 0.329 e. The minimum absolute atomic E-state index is 0.157. The fourth-order valence-electron chi connectivity index (χ4n) is 3.21. The number of ether oxygens (including phenoxy) is 1. The standard InChI is InChI=1S/C21H39N3O4/c1-13(2)11-16(23-18(25)15-9-8-10-22-15)19(26)24-17(12-14(3)4)20(27)28-21(5,6)7/h13-17,22H,8-12H2,1-7H3,(H,23,25)(H,24,26)/t15-,16+,17-/m0/s1. The van der Waals surface area contributed by atoms with Crippen LogP contribution in [-0.4, -0.2) is 48.1 Å². The third-order valence-corrected chi connectivity index (χ3v) is 4.43. The molecule has 1 rings (SSSR count). The Bertz CT molecular complexity index is 534. The van der Waals surface area contributed by atoms with E-state index < -0.39 is 23.7 Å². The predicted octanol–water partition coefficient (Wildman–Crippen LogP) is 2.14. The lowest BCUT2D eigenvalue weighted by Crippen LogP contribution is -2.55. The Morgan fingerprint density at radius 1 is 1.00 bits per heavy atom. The van der Waals surface area contributed by atoms with Gasteiger partial charge in [0.15, 0.2) is 0 Å². The van der Waals surface area contributed by atoms with Crippen LogP contribution in [-0.2, 0) is 19.1 Å². The average molecular weight is 398 g/mol. The lowest BCUT2D eigenvalue weighted by atomic mass is 10.00. The Kier molecular flexibility index (Phi) is 9.40. The zero-order valence-corrected chi connectivity index (χ0v) is 18.6. The first-order valence-electron chi connectivity index (χ1n) is 10.5. The zero-order chi connectivity index (χ0) is 21.5. The van der Waals surface area contributed by atoms with Gasteiger partial charge in [-0.2, -0.15) is 0 Å². The van der Waals surface area contributed by atoms with E-state index in [2.05, 4.69) is 16.0 Å². The van der Waals surface area contributed by atoms with Crippen LogP contribution in [0.3, 0.4) is 0 Å². The molecular weight excluding hydrogens is 358 g/mol. The number of esters is 1. The monoisotopic (exact) mass is 397 g/mol. The first-order valence-corrected chi connectivity index (χ1v) is 10.5. The van der Waals surface area contributed by atoms with Gasteiger partial charge in [0.1, 0.15) is 17.7 Å². The normalized spacial score (nSPS) is 19.4. The molecule has 0 aliphatic carbocycles. The number of carbonyl (C=O) groups is 3. The van der Waals surface area contributed by atoms with Crippen LogP contribution in [0.25, 0.3) is 0 Å². The van der Waals surface area contributed by atoms with Crippen LogP contribution < -0.4 is 16.0 Å². The molecule has 3 atom stereocenters. The second-order valence-electron chi connectivity index (χ2n) is 9.56. The maximum atomic E-state index is 12.9. The van der Waals surface area contributed by atoms with Crippen molar-refractivity contribution in [3.05, 3.63) is 0 Å². The molecule has 7 nitrogen and oxygen atoms in total. The van der Waals surface area contributed by atoms with E-state index in [1.165, 1.54) is 0 Å². The number of nitrogens with one attached hydrogen (secondary N) is 3. The quantitative estimate of drug-likeness (QED) is 0.518. The maximum absolute atomic E-state index is 12.9. The van der Waals surface area contributed by atoms with E-state index in [0.717, 1.165) is 19.4 Å². The molecule has 1 aliphatic rings. The second-order valence-corrected chi connectivity index (χ2v) is 9.56. The summed E-state index contributed by atoms with van der Waals surface area (Å²) in [6, 6.07) is -1.66. The van der Waals surface area contributed by atoms with Crippen molar-refractivity contribution in [3.63, 3.8) is 0 Å². The van der Waals surface area contributed by atoms with Crippen LogP contribution >= 0.6 is 0 Å². The van der Waals surface area contributed by atoms with Crippen LogP contribution in [0.1, 0.15) is 74.1 Å². The van der Waals surface area contributed by atoms with Gasteiger partial charge < -0.3 is 20.7 Å². The van der Waals surface area contributed by atoms with E-state index in [1.54, 1.807) is 20.8 Å². The number of hydrogen-bond donors (Lipinski definition) is 3. The Balaban J connectivity index is 2.84. The summed E-state index contributed by atoms with van der Waals surface area (Å²) in [4.78, 5) is 38.0. The largest absolute Gasteiger partial charge is 0.458 e. The smallest absolute Gasteiger partial charge is 0.329 e. The summed E-state index contributed by atoms with van der Waals surface area (Å²) in [6.45, 7) is 14.2. The molecule has 0 saturated carbocycles. The van der Waals surface area contributed by atoms with Crippen molar-refractivity contribution < 1.29 is 19.1 Å². The molecule has 162 valence electrons. The number of rotatable bonds is 9. The third kappa shape index (κ3) is 9.04. The van der Waals surface area contributed by atoms with Crippen LogP contribution in [0.2, 0.25) is 0 Å². The molecule has 0 aromatic carbocycles. The van der Waals surface area contributed by atoms with E-state index in [-0.39, 0.29) is 29.7 Å². The topological polar surface area (TPSA) is 96.5 Å². The highest BCUT2D eigenvalue weighted by atomic mass is 16.6. The Labute approximate surface area is 169 Å². The van der Waals surface area contributed by atoms with Crippen molar-refractivity contribution in [1.82, 2.24) is 16.0 Å². The van der Waals surface area contributed by atoms with Crippen LogP contribution in [0.5, 0.6) is 0 Å². The summed E-state index contributed by atoms with van der Waals surface area (Å²) in [6.07, 6.45) is 2.71. The molecule has 0 unspecified atom stereocenters. The zero-order valence-electron chi connectivity index (χ0n) is 18.6. The highest BCUT2D eigenvalue weighted by Crippen LogP contribution is 2.14. The molecule has 2 amide bonds. The highest BCUT2D eigenvalue weighted by Gasteiger charge is 2.32. The summed E-state index contributed by atoms with van der Waals surface area (Å²) in [5.41, 5.74) is -0.628. The lowest BCUT2D eigenvalue weighted by Gasteiger charge is -2.28. The van der Waals surface area contributed by atoms with Crippen LogP contribution in [0, 0.1) is 11.8 Å². The van der Waals surface area contributed by atoms with Gasteiger partial charge in [-0.15, -0.1) is 0 Å². The molecule has 0 aromatic rings.